The molecule has 0 aliphatic carbocycles. The molecule has 0 amide bonds. The zero-order chi connectivity index (χ0) is 33.7. The summed E-state index contributed by atoms with van der Waals surface area (Å²) in [5.74, 6) is 0. The largest absolute Gasteiger partial charge is 0.345 e. The monoisotopic (exact) mass is 774 g/mol. The summed E-state index contributed by atoms with van der Waals surface area (Å²) in [4.78, 5) is 60.2. The maximum Gasteiger partial charge on any atom is 0.345 e. The average molecular weight is 776 g/mol. The number of halogens is 2. The van der Waals surface area contributed by atoms with Gasteiger partial charge in [-0.25, -0.2) is 39.1 Å². The molecule has 8 rings (SSSR count). The molecule has 8 heterocycles. The SMILES string of the molecule is CSc1nc2c(s1)c1cnn(Cc3ccnc(=O)[nH]3)c(=O)c1n2C.CSc1nc2c(s1)c1cnn(Cc3ccnc(Cl)n3)c(=O)c1n2C.Cl. The summed E-state index contributed by atoms with van der Waals surface area (Å²) < 4.78 is 10.2. The molecule has 0 spiro atoms. The Balaban J connectivity index is 0.000000167. The Kier molecular flexibility index (Phi) is 9.92. The van der Waals surface area contributed by atoms with Crippen molar-refractivity contribution in [1.82, 2.24) is 58.6 Å². The van der Waals surface area contributed by atoms with Crippen LogP contribution in [0.25, 0.3) is 42.5 Å². The molecule has 1 N–H and O–H groups in total. The third kappa shape index (κ3) is 6.37. The lowest BCUT2D eigenvalue weighted by Crippen LogP contribution is -2.26. The van der Waals surface area contributed by atoms with Crippen molar-refractivity contribution in [3.63, 3.8) is 0 Å². The number of aryl methyl sites for hydroxylation is 2. The highest BCUT2D eigenvalue weighted by atomic mass is 35.5. The first-order valence-corrected chi connectivity index (χ1v) is 18.4. The Morgan fingerprint density at radius 3 is 1.82 bits per heavy atom. The summed E-state index contributed by atoms with van der Waals surface area (Å²) in [5, 5.41) is 10.3. The van der Waals surface area contributed by atoms with Gasteiger partial charge in [0.05, 0.1) is 40.6 Å². The molecule has 0 saturated heterocycles. The van der Waals surface area contributed by atoms with Gasteiger partial charge >= 0.3 is 5.69 Å². The van der Waals surface area contributed by atoms with E-state index in [-0.39, 0.29) is 41.9 Å². The van der Waals surface area contributed by atoms with Gasteiger partial charge in [0.15, 0.2) is 20.0 Å². The van der Waals surface area contributed by atoms with Crippen LogP contribution in [0.2, 0.25) is 5.28 Å². The van der Waals surface area contributed by atoms with E-state index in [0.29, 0.717) is 22.4 Å². The summed E-state index contributed by atoms with van der Waals surface area (Å²) in [6.45, 7) is 0.411. The van der Waals surface area contributed by atoms with Crippen LogP contribution in [-0.2, 0) is 27.2 Å². The number of hydrogen-bond donors (Lipinski definition) is 1. The van der Waals surface area contributed by atoms with Crippen LogP contribution < -0.4 is 16.8 Å². The van der Waals surface area contributed by atoms with E-state index in [9.17, 15) is 14.4 Å². The predicted octanol–water partition coefficient (Wildman–Crippen LogP) is 4.18. The minimum atomic E-state index is -0.449. The van der Waals surface area contributed by atoms with Gasteiger partial charge < -0.3 is 14.1 Å². The van der Waals surface area contributed by atoms with Crippen LogP contribution in [0.5, 0.6) is 0 Å². The van der Waals surface area contributed by atoms with E-state index >= 15 is 0 Å². The summed E-state index contributed by atoms with van der Waals surface area (Å²) in [7, 11) is 3.68. The van der Waals surface area contributed by atoms with Crippen LogP contribution in [0.1, 0.15) is 11.4 Å². The fraction of sp³-hybridized carbons (Fsp3) is 0.214. The molecular weight excluding hydrogens is 752 g/mol. The molecule has 0 aliphatic rings. The fourth-order valence-corrected chi connectivity index (χ4v) is 8.58. The number of thioether (sulfide) groups is 2. The molecule has 0 radical (unpaired) electrons. The van der Waals surface area contributed by atoms with Crippen LogP contribution in [0.3, 0.4) is 0 Å². The zero-order valence-corrected chi connectivity index (χ0v) is 30.8. The quantitative estimate of drug-likeness (QED) is 0.189. The van der Waals surface area contributed by atoms with Crippen molar-refractivity contribution >= 4 is 113 Å². The van der Waals surface area contributed by atoms with Crippen molar-refractivity contribution in [3.05, 3.63) is 84.8 Å². The number of H-pyrrole nitrogens is 1. The summed E-state index contributed by atoms with van der Waals surface area (Å²) >= 11 is 12.1. The lowest BCUT2D eigenvalue weighted by Gasteiger charge is -2.05. The average Bonchev–Trinajstić information content (AvgIpc) is 3.82. The number of aromatic amines is 1. The first-order valence-electron chi connectivity index (χ1n) is 14.0. The summed E-state index contributed by atoms with van der Waals surface area (Å²) in [6.07, 6.45) is 10.3. The number of fused-ring (bicyclic) bond motifs is 6. The van der Waals surface area contributed by atoms with E-state index in [2.05, 4.69) is 40.1 Å². The van der Waals surface area contributed by atoms with Gasteiger partial charge in [0, 0.05) is 43.0 Å². The van der Waals surface area contributed by atoms with Crippen molar-refractivity contribution in [2.24, 2.45) is 14.1 Å². The first kappa shape index (κ1) is 34.7. The molecule has 0 bridgehead atoms. The normalized spacial score (nSPS) is 11.4. The standard InChI is InChI=1S/C14H11ClN6OS2.C14H12N6O2S2.ClH/c1-20-9-8(10-11(20)19-14(23-2)24-10)5-17-21(12(9)22)6-7-3-4-16-13(15)18-7;1-19-9-8(10-11(19)18-14(23-2)24-10)5-16-20(12(9)21)6-7-3-4-15-13(22)17-7;/h3-5H,6H2,1-2H3;3-5H,6H2,1-2H3,(H,15,17,22);1H. The molecule has 8 aromatic heterocycles. The van der Waals surface area contributed by atoms with Crippen molar-refractivity contribution in [3.8, 4) is 0 Å². The summed E-state index contributed by atoms with van der Waals surface area (Å²) in [5.41, 5.74) is 3.09. The van der Waals surface area contributed by atoms with Crippen molar-refractivity contribution in [2.75, 3.05) is 12.5 Å². The van der Waals surface area contributed by atoms with E-state index in [1.807, 2.05) is 31.2 Å². The predicted molar refractivity (Wildman–Crippen MR) is 197 cm³/mol. The van der Waals surface area contributed by atoms with E-state index in [0.717, 1.165) is 40.1 Å². The highest BCUT2D eigenvalue weighted by molar-refractivity contribution is 8.00. The number of rotatable bonds is 6. The third-order valence-corrected chi connectivity index (χ3v) is 11.7. The molecular formula is C28H24Cl2N12O3S4. The van der Waals surface area contributed by atoms with Gasteiger partial charge in [0.2, 0.25) is 5.28 Å². The highest BCUT2D eigenvalue weighted by Gasteiger charge is 2.19. The maximum atomic E-state index is 12.8. The zero-order valence-electron chi connectivity index (χ0n) is 25.9. The van der Waals surface area contributed by atoms with Gasteiger partial charge in [-0.3, -0.25) is 9.59 Å². The van der Waals surface area contributed by atoms with Crippen molar-refractivity contribution in [2.45, 2.75) is 21.8 Å². The molecule has 0 aliphatic heterocycles. The summed E-state index contributed by atoms with van der Waals surface area (Å²) in [6, 6.07) is 3.36. The van der Waals surface area contributed by atoms with Gasteiger partial charge in [-0.2, -0.15) is 10.2 Å². The van der Waals surface area contributed by atoms with Gasteiger partial charge in [0.1, 0.15) is 11.0 Å². The maximum absolute atomic E-state index is 12.8. The third-order valence-electron chi connectivity index (χ3n) is 7.41. The Bertz CT molecular complexity index is 2690. The topological polar surface area (TPSA) is 177 Å². The van der Waals surface area contributed by atoms with Crippen molar-refractivity contribution < 1.29 is 0 Å². The van der Waals surface area contributed by atoms with Gasteiger partial charge in [-0.15, -0.1) is 35.1 Å². The minimum absolute atomic E-state index is 0. The van der Waals surface area contributed by atoms with E-state index in [1.54, 1.807) is 81.5 Å². The molecule has 0 aromatic carbocycles. The van der Waals surface area contributed by atoms with E-state index in [1.165, 1.54) is 15.6 Å². The second kappa shape index (κ2) is 14.0. The molecule has 21 heteroatoms. The van der Waals surface area contributed by atoms with Crippen LogP contribution in [0.4, 0.5) is 0 Å². The van der Waals surface area contributed by atoms with Crippen LogP contribution >= 0.6 is 70.2 Å². The van der Waals surface area contributed by atoms with Crippen LogP contribution in [0.15, 0.2) is 60.0 Å². The number of thiazole rings is 2. The number of hydrogen-bond acceptors (Lipinski definition) is 14. The van der Waals surface area contributed by atoms with Gasteiger partial charge in [-0.05, 0) is 36.2 Å². The fourth-order valence-electron chi connectivity index (χ4n) is 5.21. The van der Waals surface area contributed by atoms with Crippen LogP contribution in [0, 0.1) is 0 Å². The molecule has 49 heavy (non-hydrogen) atoms. The molecule has 0 fully saturated rings. The lowest BCUT2D eigenvalue weighted by molar-refractivity contribution is 0.629. The molecule has 0 saturated carbocycles. The Morgan fingerprint density at radius 2 is 1.31 bits per heavy atom. The lowest BCUT2D eigenvalue weighted by atomic mass is 10.3. The number of aromatic nitrogens is 12. The number of nitrogens with one attached hydrogen (secondary N) is 1. The molecule has 8 aromatic rings. The molecule has 0 atom stereocenters. The minimum Gasteiger partial charge on any atom is -0.323 e. The first-order chi connectivity index (χ1) is 23.2. The van der Waals surface area contributed by atoms with E-state index in [4.69, 9.17) is 11.6 Å². The molecule has 252 valence electrons. The van der Waals surface area contributed by atoms with Crippen molar-refractivity contribution in [1.29, 1.82) is 0 Å². The molecule has 15 nitrogen and oxygen atoms in total. The van der Waals surface area contributed by atoms with E-state index < -0.39 is 5.69 Å². The Hall–Kier alpha value is -4.14. The smallest absolute Gasteiger partial charge is 0.323 e. The highest BCUT2D eigenvalue weighted by Crippen LogP contribution is 2.35. The van der Waals surface area contributed by atoms with Crippen LogP contribution in [-0.4, -0.2) is 71.1 Å². The van der Waals surface area contributed by atoms with Gasteiger partial charge in [0.25, 0.3) is 11.1 Å². The number of nitrogens with zero attached hydrogens (tertiary/aromatic N) is 11. The molecule has 0 unspecified atom stereocenters. The Morgan fingerprint density at radius 1 is 0.776 bits per heavy atom. The second-order valence-corrected chi connectivity index (χ2v) is 14.7. The Labute approximate surface area is 302 Å². The second-order valence-electron chi connectivity index (χ2n) is 10.2. The van der Waals surface area contributed by atoms with Gasteiger partial charge in [-0.1, -0.05) is 23.5 Å².